The minimum absolute atomic E-state index is 0.155. The van der Waals surface area contributed by atoms with E-state index < -0.39 is 5.41 Å². The van der Waals surface area contributed by atoms with Gasteiger partial charge in [0.1, 0.15) is 0 Å². The van der Waals surface area contributed by atoms with Crippen molar-refractivity contribution < 1.29 is 10.2 Å². The molecule has 0 aliphatic heterocycles. The second kappa shape index (κ2) is 6.68. The molecule has 0 atom stereocenters. The highest BCUT2D eigenvalue weighted by atomic mass is 79.9. The number of aliphatic hydroxyl groups excluding tert-OH is 2. The molecule has 2 rings (SSSR count). The Bertz CT molecular complexity index is 570. The Labute approximate surface area is 131 Å². The van der Waals surface area contributed by atoms with E-state index in [1.807, 2.05) is 18.2 Å². The van der Waals surface area contributed by atoms with E-state index in [1.165, 1.54) is 0 Å². The van der Waals surface area contributed by atoms with E-state index in [2.05, 4.69) is 20.9 Å². The lowest BCUT2D eigenvalue weighted by Gasteiger charge is -2.30. The van der Waals surface area contributed by atoms with Gasteiger partial charge in [-0.15, -0.1) is 0 Å². The van der Waals surface area contributed by atoms with Crippen LogP contribution in [0.5, 0.6) is 0 Å². The van der Waals surface area contributed by atoms with Gasteiger partial charge in [0.15, 0.2) is 0 Å². The van der Waals surface area contributed by atoms with Crippen LogP contribution in [0.25, 0.3) is 0 Å². The minimum Gasteiger partial charge on any atom is -0.395 e. The van der Waals surface area contributed by atoms with E-state index in [1.54, 1.807) is 24.5 Å². The number of halogens is 2. The Morgan fingerprint density at radius 1 is 1.10 bits per heavy atom. The Morgan fingerprint density at radius 2 is 1.75 bits per heavy atom. The number of hydrogen-bond acceptors (Lipinski definition) is 3. The normalized spacial score (nSPS) is 11.6. The molecule has 1 heterocycles. The standard InChI is InChI=1S/C15H15BrClNO2/c16-13-5-11(7-18-8-13)6-15(9-19,10-20)12-1-3-14(17)4-2-12/h1-5,7-8,19-20H,6,9-10H2. The molecular weight excluding hydrogens is 342 g/mol. The van der Waals surface area contributed by atoms with Gasteiger partial charge in [-0.3, -0.25) is 4.98 Å². The van der Waals surface area contributed by atoms with Crippen molar-refractivity contribution in [2.45, 2.75) is 11.8 Å². The van der Waals surface area contributed by atoms with Crippen molar-refractivity contribution in [3.8, 4) is 0 Å². The van der Waals surface area contributed by atoms with E-state index in [0.29, 0.717) is 11.4 Å². The third-order valence-corrected chi connectivity index (χ3v) is 4.05. The summed E-state index contributed by atoms with van der Waals surface area (Å²) in [7, 11) is 0. The second-order valence-corrected chi connectivity index (χ2v) is 6.14. The minimum atomic E-state index is -0.743. The molecule has 0 saturated heterocycles. The lowest BCUT2D eigenvalue weighted by Crippen LogP contribution is -2.37. The molecule has 1 aromatic carbocycles. The number of pyridine rings is 1. The van der Waals surface area contributed by atoms with Crippen molar-refractivity contribution in [3.05, 3.63) is 63.3 Å². The fourth-order valence-corrected chi connectivity index (χ4v) is 2.73. The van der Waals surface area contributed by atoms with Gasteiger partial charge in [-0.1, -0.05) is 23.7 Å². The number of hydrogen-bond donors (Lipinski definition) is 2. The van der Waals surface area contributed by atoms with Crippen LogP contribution in [0, 0.1) is 0 Å². The first-order chi connectivity index (χ1) is 9.59. The van der Waals surface area contributed by atoms with Gasteiger partial charge in [0.2, 0.25) is 0 Å². The molecule has 1 aromatic heterocycles. The largest absolute Gasteiger partial charge is 0.395 e. The Balaban J connectivity index is 2.36. The van der Waals surface area contributed by atoms with Gasteiger partial charge in [0.25, 0.3) is 0 Å². The molecule has 0 saturated carbocycles. The smallest absolute Gasteiger partial charge is 0.0553 e. The molecule has 0 fully saturated rings. The lowest BCUT2D eigenvalue weighted by atomic mass is 9.77. The van der Waals surface area contributed by atoms with E-state index in [0.717, 1.165) is 15.6 Å². The molecule has 5 heteroatoms. The topological polar surface area (TPSA) is 53.4 Å². The molecule has 0 radical (unpaired) electrons. The molecule has 0 spiro atoms. The Hall–Kier alpha value is -0.940. The third-order valence-electron chi connectivity index (χ3n) is 3.37. The zero-order valence-electron chi connectivity index (χ0n) is 10.8. The van der Waals surface area contributed by atoms with Crippen LogP contribution < -0.4 is 0 Å². The van der Waals surface area contributed by atoms with Crippen LogP contribution in [-0.2, 0) is 11.8 Å². The van der Waals surface area contributed by atoms with E-state index in [4.69, 9.17) is 11.6 Å². The molecule has 0 unspecified atom stereocenters. The van der Waals surface area contributed by atoms with Gasteiger partial charge < -0.3 is 10.2 Å². The number of nitrogens with zero attached hydrogens (tertiary/aromatic N) is 1. The van der Waals surface area contributed by atoms with E-state index in [-0.39, 0.29) is 13.2 Å². The average Bonchev–Trinajstić information content (AvgIpc) is 2.46. The third kappa shape index (κ3) is 3.38. The predicted octanol–water partition coefficient (Wildman–Crippen LogP) is 2.96. The second-order valence-electron chi connectivity index (χ2n) is 4.79. The van der Waals surface area contributed by atoms with Crippen molar-refractivity contribution in [2.75, 3.05) is 13.2 Å². The first kappa shape index (κ1) is 15.4. The molecule has 0 bridgehead atoms. The molecule has 3 nitrogen and oxygen atoms in total. The van der Waals surface area contributed by atoms with Crippen LogP contribution in [-0.4, -0.2) is 28.4 Å². The fraction of sp³-hybridized carbons (Fsp3) is 0.267. The van der Waals surface area contributed by atoms with Crippen molar-refractivity contribution >= 4 is 27.5 Å². The van der Waals surface area contributed by atoms with Gasteiger partial charge in [-0.2, -0.15) is 0 Å². The van der Waals surface area contributed by atoms with Crippen LogP contribution in [0.1, 0.15) is 11.1 Å². The molecule has 0 aliphatic rings. The van der Waals surface area contributed by atoms with Crippen LogP contribution >= 0.6 is 27.5 Å². The fourth-order valence-electron chi connectivity index (χ4n) is 2.19. The highest BCUT2D eigenvalue weighted by Gasteiger charge is 2.31. The van der Waals surface area contributed by atoms with Crippen molar-refractivity contribution in [1.29, 1.82) is 0 Å². The van der Waals surface area contributed by atoms with Crippen molar-refractivity contribution in [2.24, 2.45) is 0 Å². The summed E-state index contributed by atoms with van der Waals surface area (Å²) in [6, 6.07) is 9.12. The zero-order valence-corrected chi connectivity index (χ0v) is 13.1. The summed E-state index contributed by atoms with van der Waals surface area (Å²) >= 11 is 9.26. The molecule has 2 aromatic rings. The Morgan fingerprint density at radius 3 is 2.30 bits per heavy atom. The first-order valence-electron chi connectivity index (χ1n) is 6.17. The number of benzene rings is 1. The van der Waals surface area contributed by atoms with Gasteiger partial charge in [-0.25, -0.2) is 0 Å². The summed E-state index contributed by atoms with van der Waals surface area (Å²) in [5, 5.41) is 20.2. The van der Waals surface area contributed by atoms with Crippen molar-refractivity contribution in [1.82, 2.24) is 4.98 Å². The van der Waals surface area contributed by atoms with Gasteiger partial charge in [-0.05, 0) is 51.7 Å². The van der Waals surface area contributed by atoms with E-state index in [9.17, 15) is 10.2 Å². The SMILES string of the molecule is OCC(CO)(Cc1cncc(Br)c1)c1ccc(Cl)cc1. The summed E-state index contributed by atoms with van der Waals surface area (Å²) in [5.74, 6) is 0. The van der Waals surface area contributed by atoms with E-state index >= 15 is 0 Å². The van der Waals surface area contributed by atoms with Gasteiger partial charge in [0.05, 0.1) is 13.2 Å². The molecule has 20 heavy (non-hydrogen) atoms. The highest BCUT2D eigenvalue weighted by molar-refractivity contribution is 9.10. The molecule has 0 aliphatic carbocycles. The summed E-state index contributed by atoms with van der Waals surface area (Å²) in [5.41, 5.74) is 1.05. The van der Waals surface area contributed by atoms with Gasteiger partial charge >= 0.3 is 0 Å². The highest BCUT2D eigenvalue weighted by Crippen LogP contribution is 2.29. The average molecular weight is 357 g/mol. The van der Waals surface area contributed by atoms with Crippen LogP contribution in [0.15, 0.2) is 47.2 Å². The summed E-state index contributed by atoms with van der Waals surface area (Å²) in [4.78, 5) is 4.11. The van der Waals surface area contributed by atoms with Gasteiger partial charge in [0, 0.05) is 27.3 Å². The predicted molar refractivity (Wildman–Crippen MR) is 82.9 cm³/mol. The van der Waals surface area contributed by atoms with Crippen LogP contribution in [0.2, 0.25) is 5.02 Å². The molecule has 106 valence electrons. The molecule has 0 amide bonds. The van der Waals surface area contributed by atoms with Crippen molar-refractivity contribution in [3.63, 3.8) is 0 Å². The maximum atomic E-state index is 9.80. The zero-order chi connectivity index (χ0) is 14.6. The molecular formula is C15H15BrClNO2. The number of aliphatic hydroxyl groups is 2. The Kier molecular flexibility index (Phi) is 5.16. The van der Waals surface area contributed by atoms with Crippen LogP contribution in [0.4, 0.5) is 0 Å². The monoisotopic (exact) mass is 355 g/mol. The maximum Gasteiger partial charge on any atom is 0.0553 e. The number of aromatic nitrogens is 1. The first-order valence-corrected chi connectivity index (χ1v) is 7.34. The molecule has 2 N–H and O–H groups in total. The summed E-state index contributed by atoms with van der Waals surface area (Å²) < 4.78 is 0.871. The number of rotatable bonds is 5. The van der Waals surface area contributed by atoms with Crippen LogP contribution in [0.3, 0.4) is 0 Å². The lowest BCUT2D eigenvalue weighted by molar-refractivity contribution is 0.116. The maximum absolute atomic E-state index is 9.80. The summed E-state index contributed by atoms with van der Waals surface area (Å²) in [6.45, 7) is -0.310. The summed E-state index contributed by atoms with van der Waals surface area (Å²) in [6.07, 6.45) is 3.93. The quantitative estimate of drug-likeness (QED) is 0.866.